The van der Waals surface area contributed by atoms with Crippen molar-refractivity contribution in [3.8, 4) is 11.5 Å². The van der Waals surface area contributed by atoms with Gasteiger partial charge in [0.15, 0.2) is 11.9 Å². The van der Waals surface area contributed by atoms with Crippen LogP contribution in [0.1, 0.15) is 22.2 Å². The van der Waals surface area contributed by atoms with E-state index in [4.69, 9.17) is 21.1 Å². The van der Waals surface area contributed by atoms with Crippen LogP contribution in [0.3, 0.4) is 0 Å². The van der Waals surface area contributed by atoms with Crippen LogP contribution in [-0.2, 0) is 4.79 Å². The van der Waals surface area contributed by atoms with Gasteiger partial charge in [-0.2, -0.15) is 5.10 Å². The first-order chi connectivity index (χ1) is 17.3. The Morgan fingerprint density at radius 2 is 1.72 bits per heavy atom. The summed E-state index contributed by atoms with van der Waals surface area (Å²) in [5.41, 5.74) is 2.49. The van der Waals surface area contributed by atoms with E-state index in [1.54, 1.807) is 30.3 Å². The predicted octanol–water partition coefficient (Wildman–Crippen LogP) is 5.60. The number of hydrazone groups is 1. The zero-order valence-electron chi connectivity index (χ0n) is 18.7. The highest BCUT2D eigenvalue weighted by Gasteiger charge is 2.21. The molecule has 0 saturated carbocycles. The molecular formula is C25H18ClN3O6S. The molecule has 1 amide bonds. The van der Waals surface area contributed by atoms with Crippen molar-refractivity contribution in [3.05, 3.63) is 98.4 Å². The number of nitro groups is 1. The Balaban J connectivity index is 1.42. The highest BCUT2D eigenvalue weighted by Crippen LogP contribution is 2.36. The van der Waals surface area contributed by atoms with Crippen LogP contribution in [0.25, 0.3) is 10.1 Å². The Hall–Kier alpha value is -4.28. The highest BCUT2D eigenvalue weighted by molar-refractivity contribution is 7.21. The van der Waals surface area contributed by atoms with E-state index >= 15 is 0 Å². The van der Waals surface area contributed by atoms with Crippen LogP contribution in [0.5, 0.6) is 11.5 Å². The van der Waals surface area contributed by atoms with Crippen molar-refractivity contribution in [1.82, 2.24) is 5.43 Å². The summed E-state index contributed by atoms with van der Waals surface area (Å²) >= 11 is 7.61. The molecule has 0 fully saturated rings. The molecule has 0 saturated heterocycles. The smallest absolute Gasteiger partial charge is 0.355 e. The second-order valence-electron chi connectivity index (χ2n) is 7.39. The Bertz CT molecular complexity index is 1490. The molecular weight excluding hydrogens is 506 g/mol. The number of carbonyl (C=O) groups is 2. The van der Waals surface area contributed by atoms with E-state index in [1.165, 1.54) is 42.7 Å². The van der Waals surface area contributed by atoms with Gasteiger partial charge in [0.05, 0.1) is 16.2 Å². The second kappa shape index (κ2) is 11.0. The number of nitro benzene ring substituents is 1. The molecule has 1 heterocycles. The monoisotopic (exact) mass is 523 g/mol. The van der Waals surface area contributed by atoms with Gasteiger partial charge in [-0.3, -0.25) is 14.9 Å². The van der Waals surface area contributed by atoms with Gasteiger partial charge in [-0.25, -0.2) is 10.2 Å². The third-order valence-electron chi connectivity index (χ3n) is 4.96. The number of hydrogen-bond donors (Lipinski definition) is 1. The molecule has 1 aromatic heterocycles. The van der Waals surface area contributed by atoms with Gasteiger partial charge in [-0.15, -0.1) is 11.3 Å². The molecule has 182 valence electrons. The fourth-order valence-corrected chi connectivity index (χ4v) is 4.56. The van der Waals surface area contributed by atoms with Crippen molar-refractivity contribution in [2.45, 2.75) is 13.0 Å². The van der Waals surface area contributed by atoms with Gasteiger partial charge in [-0.1, -0.05) is 54.1 Å². The van der Waals surface area contributed by atoms with Crippen molar-refractivity contribution in [2.24, 2.45) is 5.10 Å². The summed E-state index contributed by atoms with van der Waals surface area (Å²) in [6, 6.07) is 19.8. The molecule has 4 rings (SSSR count). The third kappa shape index (κ3) is 5.51. The lowest BCUT2D eigenvalue weighted by Gasteiger charge is -2.12. The number of rotatable bonds is 8. The van der Waals surface area contributed by atoms with Crippen LogP contribution >= 0.6 is 22.9 Å². The predicted molar refractivity (Wildman–Crippen MR) is 137 cm³/mol. The molecule has 4 aromatic rings. The summed E-state index contributed by atoms with van der Waals surface area (Å²) < 4.78 is 11.8. The van der Waals surface area contributed by atoms with E-state index in [2.05, 4.69) is 10.5 Å². The summed E-state index contributed by atoms with van der Waals surface area (Å²) in [6.45, 7) is 1.44. The standard InChI is InChI=1S/C25H18ClN3O6S/c1-15(34-20-12-6-4-10-18(20)29(32)33)24(30)28-27-14-16-8-2-5-11-19(16)35-25(31)23-22(26)17-9-3-7-13-21(17)36-23/h2-15H,1H3,(H,28,30)/b27-14-/t15-/m1/s1. The maximum Gasteiger partial charge on any atom is 0.355 e. The number of esters is 1. The molecule has 0 aliphatic rings. The average Bonchev–Trinajstić information content (AvgIpc) is 3.21. The third-order valence-corrected chi connectivity index (χ3v) is 6.61. The molecule has 0 unspecified atom stereocenters. The van der Waals surface area contributed by atoms with E-state index in [0.29, 0.717) is 10.6 Å². The lowest BCUT2D eigenvalue weighted by Crippen LogP contribution is -2.33. The topological polar surface area (TPSA) is 120 Å². The van der Waals surface area contributed by atoms with Crippen LogP contribution in [0, 0.1) is 10.1 Å². The number of halogens is 1. The molecule has 1 atom stereocenters. The van der Waals surface area contributed by atoms with Crippen LogP contribution < -0.4 is 14.9 Å². The van der Waals surface area contributed by atoms with Crippen LogP contribution in [0.4, 0.5) is 5.69 Å². The maximum absolute atomic E-state index is 12.8. The molecule has 1 N–H and O–H groups in total. The average molecular weight is 524 g/mol. The number of nitrogens with one attached hydrogen (secondary N) is 1. The summed E-state index contributed by atoms with van der Waals surface area (Å²) in [7, 11) is 0. The van der Waals surface area contributed by atoms with Gasteiger partial charge in [0.2, 0.25) is 0 Å². The molecule has 0 aliphatic heterocycles. The van der Waals surface area contributed by atoms with Gasteiger partial charge in [0.1, 0.15) is 10.6 Å². The second-order valence-corrected chi connectivity index (χ2v) is 8.82. The minimum atomic E-state index is -1.06. The van der Waals surface area contributed by atoms with Crippen molar-refractivity contribution in [3.63, 3.8) is 0 Å². The van der Waals surface area contributed by atoms with Crippen molar-refractivity contribution in [2.75, 3.05) is 0 Å². The molecule has 0 radical (unpaired) electrons. The highest BCUT2D eigenvalue weighted by atomic mass is 35.5. The fraction of sp³-hybridized carbons (Fsp3) is 0.0800. The summed E-state index contributed by atoms with van der Waals surface area (Å²) in [5, 5.41) is 16.1. The molecule has 0 aliphatic carbocycles. The molecule has 0 bridgehead atoms. The van der Waals surface area contributed by atoms with Gasteiger partial charge < -0.3 is 9.47 Å². The number of amides is 1. The number of fused-ring (bicyclic) bond motifs is 1. The van der Waals surface area contributed by atoms with Gasteiger partial charge >= 0.3 is 11.7 Å². The first-order valence-corrected chi connectivity index (χ1v) is 11.8. The molecule has 36 heavy (non-hydrogen) atoms. The van der Waals surface area contributed by atoms with Crippen molar-refractivity contribution < 1.29 is 24.0 Å². The molecule has 3 aromatic carbocycles. The van der Waals surface area contributed by atoms with E-state index in [1.807, 2.05) is 24.3 Å². The Morgan fingerprint density at radius 3 is 2.47 bits per heavy atom. The Kier molecular flexibility index (Phi) is 7.57. The van der Waals surface area contributed by atoms with E-state index in [-0.39, 0.29) is 22.1 Å². The lowest BCUT2D eigenvalue weighted by molar-refractivity contribution is -0.386. The number of hydrogen-bond acceptors (Lipinski definition) is 8. The number of ether oxygens (including phenoxy) is 2. The molecule has 11 heteroatoms. The minimum Gasteiger partial charge on any atom is -0.474 e. The van der Waals surface area contributed by atoms with Crippen molar-refractivity contribution in [1.29, 1.82) is 0 Å². The zero-order valence-corrected chi connectivity index (χ0v) is 20.3. The van der Waals surface area contributed by atoms with Crippen LogP contribution in [-0.4, -0.2) is 29.1 Å². The van der Waals surface area contributed by atoms with Crippen LogP contribution in [0.2, 0.25) is 5.02 Å². The van der Waals surface area contributed by atoms with Crippen molar-refractivity contribution >= 4 is 56.8 Å². The first-order valence-electron chi connectivity index (χ1n) is 10.6. The number of nitrogens with zero attached hydrogens (tertiary/aromatic N) is 2. The number of benzene rings is 3. The summed E-state index contributed by atoms with van der Waals surface area (Å²) in [4.78, 5) is 36.0. The van der Waals surface area contributed by atoms with Gasteiger partial charge in [0.25, 0.3) is 5.91 Å². The fourth-order valence-electron chi connectivity index (χ4n) is 3.18. The Labute approximate surface area is 214 Å². The lowest BCUT2D eigenvalue weighted by atomic mass is 10.2. The van der Waals surface area contributed by atoms with Crippen LogP contribution in [0.15, 0.2) is 77.9 Å². The van der Waals surface area contributed by atoms with Gasteiger partial charge in [0, 0.05) is 21.7 Å². The molecule has 0 spiro atoms. The molecule has 9 nitrogen and oxygen atoms in total. The van der Waals surface area contributed by atoms with Gasteiger partial charge in [-0.05, 0) is 31.2 Å². The SMILES string of the molecule is C[C@@H](Oc1ccccc1[N+](=O)[O-])C(=O)N/N=C\c1ccccc1OC(=O)c1sc2ccccc2c1Cl. The first kappa shape index (κ1) is 24.8. The summed E-state index contributed by atoms with van der Waals surface area (Å²) in [5.74, 6) is -1.06. The number of carbonyl (C=O) groups excluding carboxylic acids is 2. The number of thiophene rings is 1. The number of para-hydroxylation sites is 3. The van der Waals surface area contributed by atoms with E-state index in [0.717, 1.165) is 10.1 Å². The minimum absolute atomic E-state index is 0.0358. The quantitative estimate of drug-likeness (QED) is 0.105. The van der Waals surface area contributed by atoms with E-state index < -0.39 is 22.9 Å². The zero-order chi connectivity index (χ0) is 25.7. The summed E-state index contributed by atoms with van der Waals surface area (Å²) in [6.07, 6.45) is 0.247. The largest absolute Gasteiger partial charge is 0.474 e. The normalized spacial score (nSPS) is 11.8. The maximum atomic E-state index is 12.8. The Morgan fingerprint density at radius 1 is 1.06 bits per heavy atom. The van der Waals surface area contributed by atoms with E-state index in [9.17, 15) is 19.7 Å².